The summed E-state index contributed by atoms with van der Waals surface area (Å²) in [6, 6.07) is 0. The lowest BCUT2D eigenvalue weighted by atomic mass is 9.90. The highest BCUT2D eigenvalue weighted by molar-refractivity contribution is 7.99. The summed E-state index contributed by atoms with van der Waals surface area (Å²) in [5.74, 6) is 1.31. The number of rotatable bonds is 4. The van der Waals surface area contributed by atoms with Crippen LogP contribution < -0.4 is 0 Å². The molecule has 1 aliphatic rings. The molecule has 0 aromatic carbocycles. The van der Waals surface area contributed by atoms with Gasteiger partial charge in [-0.25, -0.2) is 0 Å². The van der Waals surface area contributed by atoms with E-state index in [1.165, 1.54) is 0 Å². The van der Waals surface area contributed by atoms with Crippen LogP contribution in [-0.4, -0.2) is 46.1 Å². The van der Waals surface area contributed by atoms with Gasteiger partial charge in [0.25, 0.3) is 0 Å². The molecule has 0 spiro atoms. The second kappa shape index (κ2) is 5.03. The maximum Gasteiger partial charge on any atom is 0.324 e. The van der Waals surface area contributed by atoms with Crippen molar-refractivity contribution in [2.45, 2.75) is 32.2 Å². The van der Waals surface area contributed by atoms with E-state index >= 15 is 0 Å². The van der Waals surface area contributed by atoms with E-state index in [2.05, 4.69) is 4.90 Å². The Hall–Kier alpha value is -0.220. The number of hydrogen-bond acceptors (Lipinski definition) is 3. The lowest BCUT2D eigenvalue weighted by Gasteiger charge is -2.42. The maximum atomic E-state index is 11.4. The maximum absolute atomic E-state index is 11.4. The average Bonchev–Trinajstić information content (AvgIpc) is 2.21. The molecule has 4 heteroatoms. The van der Waals surface area contributed by atoms with E-state index in [0.717, 1.165) is 37.4 Å². The Morgan fingerprint density at radius 2 is 1.86 bits per heavy atom. The highest BCUT2D eigenvalue weighted by atomic mass is 32.2. The summed E-state index contributed by atoms with van der Waals surface area (Å²) in [7, 11) is 0. The normalized spacial score (nSPS) is 21.1. The SMILES string of the molecule is CCN(CC)C1(C(=O)O)CCSCC1. The van der Waals surface area contributed by atoms with Crippen molar-refractivity contribution >= 4 is 17.7 Å². The molecule has 1 aliphatic heterocycles. The van der Waals surface area contributed by atoms with E-state index in [0.29, 0.717) is 0 Å². The number of thioether (sulfide) groups is 1. The fourth-order valence-corrected chi connectivity index (χ4v) is 3.37. The van der Waals surface area contributed by atoms with Crippen LogP contribution in [0.1, 0.15) is 26.7 Å². The van der Waals surface area contributed by atoms with Crippen molar-refractivity contribution in [3.05, 3.63) is 0 Å². The summed E-state index contributed by atoms with van der Waals surface area (Å²) in [5, 5.41) is 9.37. The molecule has 3 nitrogen and oxygen atoms in total. The largest absolute Gasteiger partial charge is 0.480 e. The Morgan fingerprint density at radius 3 is 2.21 bits per heavy atom. The lowest BCUT2D eigenvalue weighted by molar-refractivity contribution is -0.152. The molecule has 0 radical (unpaired) electrons. The summed E-state index contributed by atoms with van der Waals surface area (Å²) in [6.45, 7) is 5.73. The van der Waals surface area contributed by atoms with E-state index in [1.54, 1.807) is 0 Å². The molecule has 0 aromatic rings. The van der Waals surface area contributed by atoms with Gasteiger partial charge in [-0.3, -0.25) is 9.69 Å². The topological polar surface area (TPSA) is 40.5 Å². The Morgan fingerprint density at radius 1 is 1.36 bits per heavy atom. The summed E-state index contributed by atoms with van der Waals surface area (Å²) in [6.07, 6.45) is 1.57. The zero-order valence-corrected chi connectivity index (χ0v) is 9.77. The minimum atomic E-state index is -0.638. The van der Waals surface area contributed by atoms with Gasteiger partial charge >= 0.3 is 5.97 Å². The Kier molecular flexibility index (Phi) is 4.26. The quantitative estimate of drug-likeness (QED) is 0.778. The molecule has 0 unspecified atom stereocenters. The number of aliphatic carboxylic acids is 1. The standard InChI is InChI=1S/C10H19NO2S/c1-3-11(4-2)10(9(12)13)5-7-14-8-6-10/h3-8H2,1-2H3,(H,12,13). The van der Waals surface area contributed by atoms with Crippen LogP contribution in [0.5, 0.6) is 0 Å². The summed E-state index contributed by atoms with van der Waals surface area (Å²) in [5.41, 5.74) is -0.575. The number of carboxylic acids is 1. The van der Waals surface area contributed by atoms with E-state index in [1.807, 2.05) is 25.6 Å². The van der Waals surface area contributed by atoms with Crippen molar-refractivity contribution in [1.82, 2.24) is 4.90 Å². The first-order valence-electron chi connectivity index (χ1n) is 5.23. The zero-order chi connectivity index (χ0) is 10.6. The van der Waals surface area contributed by atoms with E-state index < -0.39 is 11.5 Å². The molecule has 0 saturated carbocycles. The minimum absolute atomic E-state index is 0.575. The van der Waals surface area contributed by atoms with E-state index in [4.69, 9.17) is 0 Å². The molecule has 1 saturated heterocycles. The number of carbonyl (C=O) groups is 1. The van der Waals surface area contributed by atoms with Crippen molar-refractivity contribution < 1.29 is 9.90 Å². The van der Waals surface area contributed by atoms with Gasteiger partial charge in [-0.15, -0.1) is 0 Å². The van der Waals surface area contributed by atoms with E-state index in [-0.39, 0.29) is 0 Å². The third kappa shape index (κ3) is 2.06. The van der Waals surface area contributed by atoms with Crippen LogP contribution in [0.15, 0.2) is 0 Å². The van der Waals surface area contributed by atoms with Gasteiger partial charge in [0.15, 0.2) is 0 Å². The molecule has 0 bridgehead atoms. The summed E-state index contributed by atoms with van der Waals surface area (Å²) in [4.78, 5) is 13.5. The fraction of sp³-hybridized carbons (Fsp3) is 0.900. The molecule has 1 rings (SSSR count). The highest BCUT2D eigenvalue weighted by Gasteiger charge is 2.43. The predicted molar refractivity (Wildman–Crippen MR) is 59.8 cm³/mol. The van der Waals surface area contributed by atoms with Gasteiger partial charge in [-0.1, -0.05) is 13.8 Å². The van der Waals surface area contributed by atoms with Crippen LogP contribution in [-0.2, 0) is 4.79 Å². The number of nitrogens with zero attached hydrogens (tertiary/aromatic N) is 1. The van der Waals surface area contributed by atoms with Gasteiger partial charge in [-0.2, -0.15) is 11.8 Å². The molecular formula is C10H19NO2S. The first kappa shape index (κ1) is 11.9. The van der Waals surface area contributed by atoms with E-state index in [9.17, 15) is 9.90 Å². The monoisotopic (exact) mass is 217 g/mol. The van der Waals surface area contributed by atoms with Crippen LogP contribution in [0.4, 0.5) is 0 Å². The first-order valence-corrected chi connectivity index (χ1v) is 6.39. The van der Waals surface area contributed by atoms with Crippen molar-refractivity contribution in [2.24, 2.45) is 0 Å². The zero-order valence-electron chi connectivity index (χ0n) is 8.95. The van der Waals surface area contributed by atoms with Gasteiger partial charge < -0.3 is 5.11 Å². The lowest BCUT2D eigenvalue weighted by Crippen LogP contribution is -2.56. The molecule has 0 aromatic heterocycles. The van der Waals surface area contributed by atoms with Crippen LogP contribution in [0.2, 0.25) is 0 Å². The third-order valence-corrected chi connectivity index (χ3v) is 4.07. The third-order valence-electron chi connectivity index (χ3n) is 3.09. The molecule has 0 amide bonds. The molecule has 1 heterocycles. The molecule has 1 N–H and O–H groups in total. The molecule has 0 aliphatic carbocycles. The van der Waals surface area contributed by atoms with Gasteiger partial charge in [0, 0.05) is 0 Å². The molecule has 82 valence electrons. The van der Waals surface area contributed by atoms with Crippen molar-refractivity contribution in [3.63, 3.8) is 0 Å². The highest BCUT2D eigenvalue weighted by Crippen LogP contribution is 2.32. The Labute approximate surface area is 89.9 Å². The van der Waals surface area contributed by atoms with Crippen LogP contribution >= 0.6 is 11.8 Å². The molecule has 14 heavy (non-hydrogen) atoms. The fourth-order valence-electron chi connectivity index (χ4n) is 2.20. The summed E-state index contributed by atoms with van der Waals surface area (Å²) >= 11 is 1.86. The van der Waals surface area contributed by atoms with Gasteiger partial charge in [0.2, 0.25) is 0 Å². The minimum Gasteiger partial charge on any atom is -0.480 e. The molecular weight excluding hydrogens is 198 g/mol. The van der Waals surface area contributed by atoms with Crippen LogP contribution in [0.3, 0.4) is 0 Å². The Bertz CT molecular complexity index is 198. The van der Waals surface area contributed by atoms with Gasteiger partial charge in [-0.05, 0) is 37.4 Å². The smallest absolute Gasteiger partial charge is 0.324 e. The summed E-state index contributed by atoms with van der Waals surface area (Å²) < 4.78 is 0. The van der Waals surface area contributed by atoms with Crippen molar-refractivity contribution in [1.29, 1.82) is 0 Å². The van der Waals surface area contributed by atoms with Crippen molar-refractivity contribution in [2.75, 3.05) is 24.6 Å². The van der Waals surface area contributed by atoms with Crippen LogP contribution in [0, 0.1) is 0 Å². The predicted octanol–water partition coefficient (Wildman–Crippen LogP) is 1.68. The van der Waals surface area contributed by atoms with Crippen molar-refractivity contribution in [3.8, 4) is 0 Å². The second-order valence-electron chi connectivity index (χ2n) is 3.62. The Balaban J connectivity index is 2.83. The molecule has 1 fully saturated rings. The van der Waals surface area contributed by atoms with Gasteiger partial charge in [0.1, 0.15) is 5.54 Å². The number of carboxylic acid groups (broad SMARTS) is 1. The average molecular weight is 217 g/mol. The second-order valence-corrected chi connectivity index (χ2v) is 4.85. The molecule has 0 atom stereocenters. The van der Waals surface area contributed by atoms with Gasteiger partial charge in [0.05, 0.1) is 0 Å². The number of hydrogen-bond donors (Lipinski definition) is 1. The first-order chi connectivity index (χ1) is 6.67. The van der Waals surface area contributed by atoms with Crippen LogP contribution in [0.25, 0.3) is 0 Å². The number of likely N-dealkylation sites (N-methyl/N-ethyl adjacent to an activating group) is 1.